The summed E-state index contributed by atoms with van der Waals surface area (Å²) in [7, 11) is 0. The highest BCUT2D eigenvalue weighted by Gasteiger charge is 2.20. The fourth-order valence-corrected chi connectivity index (χ4v) is 9.13. The molecule has 0 aliphatic carbocycles. The summed E-state index contributed by atoms with van der Waals surface area (Å²) in [4.78, 5) is 12.4. The lowest BCUT2D eigenvalue weighted by Gasteiger charge is -2.22. The minimum absolute atomic E-state index is 0.0242. The third-order valence-electron chi connectivity index (χ3n) is 13.4. The van der Waals surface area contributed by atoms with E-state index in [1.165, 1.54) is 276 Å². The Morgan fingerprint density at radius 1 is 0.339 bits per heavy atom. The van der Waals surface area contributed by atoms with E-state index in [0.717, 1.165) is 25.7 Å². The Labute approximate surface area is 372 Å². The first-order chi connectivity index (χ1) is 29.2. The molecule has 59 heavy (non-hydrogen) atoms. The first kappa shape index (κ1) is 58.4. The molecule has 0 aliphatic heterocycles. The number of aliphatic hydroxyl groups is 2. The summed E-state index contributed by atoms with van der Waals surface area (Å²) in [5.41, 5.74) is 0. The molecule has 0 radical (unpaired) electrons. The maximum Gasteiger partial charge on any atom is 0.220 e. The summed E-state index contributed by atoms with van der Waals surface area (Å²) in [5, 5.41) is 23.3. The van der Waals surface area contributed by atoms with Crippen LogP contribution in [0.25, 0.3) is 0 Å². The van der Waals surface area contributed by atoms with Gasteiger partial charge in [-0.15, -0.1) is 0 Å². The van der Waals surface area contributed by atoms with Gasteiger partial charge in [-0.1, -0.05) is 309 Å². The lowest BCUT2D eigenvalue weighted by Crippen LogP contribution is -2.45. The van der Waals surface area contributed by atoms with Gasteiger partial charge in [0, 0.05) is 6.42 Å². The van der Waals surface area contributed by atoms with E-state index in [-0.39, 0.29) is 12.5 Å². The summed E-state index contributed by atoms with van der Waals surface area (Å²) in [6, 6.07) is -0.530. The summed E-state index contributed by atoms with van der Waals surface area (Å²) in [5.74, 6) is -0.0242. The fourth-order valence-electron chi connectivity index (χ4n) is 9.13. The average Bonchev–Trinajstić information content (AvgIpc) is 3.24. The average molecular weight is 834 g/mol. The van der Waals surface area contributed by atoms with Gasteiger partial charge < -0.3 is 15.5 Å². The predicted molar refractivity (Wildman–Crippen MR) is 263 cm³/mol. The number of aliphatic hydroxyl groups excluding tert-OH is 2. The molecule has 3 N–H and O–H groups in total. The highest BCUT2D eigenvalue weighted by molar-refractivity contribution is 5.76. The zero-order chi connectivity index (χ0) is 42.8. The molecular weight excluding hydrogens is 723 g/mol. The summed E-state index contributed by atoms with van der Waals surface area (Å²) in [6.07, 6.45) is 65.3. The van der Waals surface area contributed by atoms with E-state index in [0.29, 0.717) is 12.8 Å². The van der Waals surface area contributed by atoms with Crippen LogP contribution in [0.15, 0.2) is 0 Å². The van der Waals surface area contributed by atoms with Crippen molar-refractivity contribution in [1.29, 1.82) is 0 Å². The topological polar surface area (TPSA) is 69.6 Å². The van der Waals surface area contributed by atoms with Crippen molar-refractivity contribution in [3.05, 3.63) is 0 Å². The van der Waals surface area contributed by atoms with Gasteiger partial charge in [-0.2, -0.15) is 0 Å². The molecule has 0 rings (SSSR count). The van der Waals surface area contributed by atoms with E-state index in [1.807, 2.05) is 0 Å². The molecule has 354 valence electrons. The number of rotatable bonds is 52. The summed E-state index contributed by atoms with van der Waals surface area (Å²) in [6.45, 7) is 4.40. The van der Waals surface area contributed by atoms with Gasteiger partial charge in [0.25, 0.3) is 0 Å². The smallest absolute Gasteiger partial charge is 0.220 e. The van der Waals surface area contributed by atoms with Crippen molar-refractivity contribution in [1.82, 2.24) is 5.32 Å². The number of carbonyl (C=O) groups is 1. The molecule has 0 aromatic rings. The Kier molecular flexibility index (Phi) is 51.2. The largest absolute Gasteiger partial charge is 0.394 e. The first-order valence-corrected chi connectivity index (χ1v) is 27.7. The van der Waals surface area contributed by atoms with Crippen molar-refractivity contribution in [2.24, 2.45) is 0 Å². The standard InChI is InChI=1S/C55H111NO3/c1-3-5-7-9-11-13-15-17-19-20-21-22-23-24-25-26-27-28-29-30-31-32-33-34-35-37-38-40-42-44-46-48-50-54(58)53(52-57)56-55(59)51-49-47-45-43-41-39-36-18-16-14-12-10-8-6-4-2/h53-54,57-58H,3-52H2,1-2H3,(H,56,59). The van der Waals surface area contributed by atoms with Gasteiger partial charge in [0.1, 0.15) is 0 Å². The monoisotopic (exact) mass is 834 g/mol. The molecule has 0 saturated carbocycles. The zero-order valence-electron chi connectivity index (χ0n) is 40.8. The van der Waals surface area contributed by atoms with Crippen molar-refractivity contribution in [2.45, 2.75) is 341 Å². The van der Waals surface area contributed by atoms with Crippen molar-refractivity contribution in [3.8, 4) is 0 Å². The Hall–Kier alpha value is -0.610. The number of amides is 1. The quantitative estimate of drug-likeness (QED) is 0.0535. The molecule has 4 heteroatoms. The van der Waals surface area contributed by atoms with Gasteiger partial charge >= 0.3 is 0 Å². The van der Waals surface area contributed by atoms with Crippen molar-refractivity contribution >= 4 is 5.91 Å². The number of hydrogen-bond acceptors (Lipinski definition) is 3. The van der Waals surface area contributed by atoms with Crippen LogP contribution in [0.1, 0.15) is 328 Å². The van der Waals surface area contributed by atoms with Crippen molar-refractivity contribution in [2.75, 3.05) is 6.61 Å². The van der Waals surface area contributed by atoms with Crippen LogP contribution in [0.4, 0.5) is 0 Å². The summed E-state index contributed by atoms with van der Waals surface area (Å²) >= 11 is 0. The van der Waals surface area contributed by atoms with Gasteiger partial charge in [-0.25, -0.2) is 0 Å². The van der Waals surface area contributed by atoms with Crippen LogP contribution in [0.3, 0.4) is 0 Å². The van der Waals surface area contributed by atoms with Crippen LogP contribution in [0.5, 0.6) is 0 Å². The van der Waals surface area contributed by atoms with Crippen LogP contribution >= 0.6 is 0 Å². The van der Waals surface area contributed by atoms with Crippen molar-refractivity contribution in [3.63, 3.8) is 0 Å². The molecule has 0 spiro atoms. The fraction of sp³-hybridized carbons (Fsp3) is 0.982. The lowest BCUT2D eigenvalue weighted by molar-refractivity contribution is -0.123. The number of nitrogens with one attached hydrogen (secondary N) is 1. The number of unbranched alkanes of at least 4 members (excludes halogenated alkanes) is 45. The van der Waals surface area contributed by atoms with Gasteiger partial charge in [-0.3, -0.25) is 4.79 Å². The number of carbonyl (C=O) groups excluding carboxylic acids is 1. The Morgan fingerprint density at radius 3 is 0.763 bits per heavy atom. The molecule has 0 heterocycles. The van der Waals surface area contributed by atoms with Crippen molar-refractivity contribution < 1.29 is 15.0 Å². The van der Waals surface area contributed by atoms with E-state index >= 15 is 0 Å². The van der Waals surface area contributed by atoms with E-state index in [1.54, 1.807) is 0 Å². The molecule has 0 aromatic carbocycles. The SMILES string of the molecule is CCCCCCCCCCCCCCCCCCCCCCCCCCCCCCCCCCC(O)C(CO)NC(=O)CCCCCCCCCCCCCCCCC. The molecule has 0 fully saturated rings. The lowest BCUT2D eigenvalue weighted by atomic mass is 10.0. The van der Waals surface area contributed by atoms with E-state index < -0.39 is 12.1 Å². The molecule has 0 aromatic heterocycles. The third-order valence-corrected chi connectivity index (χ3v) is 13.4. The van der Waals surface area contributed by atoms with E-state index in [2.05, 4.69) is 19.2 Å². The van der Waals surface area contributed by atoms with Gasteiger partial charge in [0.2, 0.25) is 5.91 Å². The maximum atomic E-state index is 12.4. The molecule has 4 nitrogen and oxygen atoms in total. The predicted octanol–water partition coefficient (Wildman–Crippen LogP) is 18.0. The molecule has 0 aliphatic rings. The second-order valence-electron chi connectivity index (χ2n) is 19.4. The van der Waals surface area contributed by atoms with Crippen LogP contribution in [-0.4, -0.2) is 34.9 Å². The molecule has 0 saturated heterocycles. The third kappa shape index (κ3) is 48.3. The van der Waals surface area contributed by atoms with Gasteiger partial charge in [0.05, 0.1) is 18.8 Å². The minimum Gasteiger partial charge on any atom is -0.394 e. The Morgan fingerprint density at radius 2 is 0.542 bits per heavy atom. The highest BCUT2D eigenvalue weighted by atomic mass is 16.3. The molecule has 2 unspecified atom stereocenters. The maximum absolute atomic E-state index is 12.4. The molecule has 0 bridgehead atoms. The second kappa shape index (κ2) is 51.7. The summed E-state index contributed by atoms with van der Waals surface area (Å²) < 4.78 is 0. The number of hydrogen-bond donors (Lipinski definition) is 3. The highest BCUT2D eigenvalue weighted by Crippen LogP contribution is 2.18. The Bertz CT molecular complexity index is 773. The van der Waals surface area contributed by atoms with E-state index in [9.17, 15) is 15.0 Å². The van der Waals surface area contributed by atoms with E-state index in [4.69, 9.17) is 0 Å². The minimum atomic E-state index is -0.654. The van der Waals surface area contributed by atoms with Gasteiger partial charge in [-0.05, 0) is 12.8 Å². The zero-order valence-corrected chi connectivity index (χ0v) is 40.8. The molecule has 1 amide bonds. The normalized spacial score (nSPS) is 12.7. The van der Waals surface area contributed by atoms with Crippen LogP contribution in [-0.2, 0) is 4.79 Å². The van der Waals surface area contributed by atoms with Crippen LogP contribution < -0.4 is 5.32 Å². The van der Waals surface area contributed by atoms with Crippen LogP contribution in [0, 0.1) is 0 Å². The second-order valence-corrected chi connectivity index (χ2v) is 19.4. The van der Waals surface area contributed by atoms with Gasteiger partial charge in [0.15, 0.2) is 0 Å². The molecule has 2 atom stereocenters. The first-order valence-electron chi connectivity index (χ1n) is 27.7. The van der Waals surface area contributed by atoms with Crippen LogP contribution in [0.2, 0.25) is 0 Å². The molecular formula is C55H111NO3. The Balaban J connectivity index is 3.36.